The van der Waals surface area contributed by atoms with Crippen LogP contribution in [0.25, 0.3) is 5.70 Å². The number of benzene rings is 3. The minimum Gasteiger partial charge on any atom is -0.496 e. The van der Waals surface area contributed by atoms with E-state index in [2.05, 4.69) is 86.8 Å². The topological polar surface area (TPSA) is 61.2 Å². The Morgan fingerprint density at radius 1 is 1.03 bits per heavy atom. The molecule has 2 atom stereocenters. The van der Waals surface area contributed by atoms with Crippen molar-refractivity contribution in [1.29, 1.82) is 0 Å². The second-order valence-corrected chi connectivity index (χ2v) is 9.04. The van der Waals surface area contributed by atoms with E-state index in [0.29, 0.717) is 5.95 Å². The highest BCUT2D eigenvalue weighted by atomic mass is 79.9. The van der Waals surface area contributed by atoms with Crippen molar-refractivity contribution in [3.63, 3.8) is 0 Å². The molecule has 164 valence electrons. The molecule has 0 saturated carbocycles. The minimum atomic E-state index is -0.326. The molecule has 2 aliphatic rings. The van der Waals surface area contributed by atoms with Gasteiger partial charge in [-0.2, -0.15) is 10.1 Å². The fraction of sp³-hybridized carbons (Fsp3) is 0.154. The summed E-state index contributed by atoms with van der Waals surface area (Å²) in [6.45, 7) is 2.09. The molecule has 0 amide bonds. The summed E-state index contributed by atoms with van der Waals surface area (Å²) >= 11 is 3.64. The third-order valence-electron chi connectivity index (χ3n) is 6.16. The smallest absolute Gasteiger partial charge is 0.226 e. The van der Waals surface area contributed by atoms with Gasteiger partial charge in [0, 0.05) is 11.1 Å². The van der Waals surface area contributed by atoms with Gasteiger partial charge < -0.3 is 14.8 Å². The molecule has 0 aliphatic carbocycles. The van der Waals surface area contributed by atoms with Crippen LogP contribution in [0.4, 0.5) is 5.95 Å². The molecule has 6 nitrogen and oxygen atoms in total. The Balaban J connectivity index is 1.62. The molecule has 7 heteroatoms. The van der Waals surface area contributed by atoms with E-state index in [9.17, 15) is 0 Å². The van der Waals surface area contributed by atoms with E-state index in [1.165, 1.54) is 5.56 Å². The van der Waals surface area contributed by atoms with Crippen molar-refractivity contribution < 1.29 is 9.47 Å². The second-order valence-electron chi connectivity index (χ2n) is 8.19. The van der Waals surface area contributed by atoms with E-state index < -0.39 is 0 Å². The van der Waals surface area contributed by atoms with E-state index in [0.717, 1.165) is 43.9 Å². The van der Waals surface area contributed by atoms with Crippen molar-refractivity contribution in [1.82, 2.24) is 14.8 Å². The molecule has 2 aliphatic heterocycles. The van der Waals surface area contributed by atoms with Crippen molar-refractivity contribution in [2.75, 3.05) is 12.4 Å². The molecule has 0 bridgehead atoms. The molecule has 1 N–H and O–H groups in total. The number of aryl methyl sites for hydroxylation is 1. The van der Waals surface area contributed by atoms with Gasteiger partial charge in [0.05, 0.1) is 17.3 Å². The van der Waals surface area contributed by atoms with E-state index in [1.807, 2.05) is 22.9 Å². The zero-order valence-electron chi connectivity index (χ0n) is 18.1. The largest absolute Gasteiger partial charge is 0.496 e. The molecule has 0 unspecified atom stereocenters. The highest BCUT2D eigenvalue weighted by Gasteiger charge is 2.41. The summed E-state index contributed by atoms with van der Waals surface area (Å²) in [6.07, 6.45) is 1.26. The van der Waals surface area contributed by atoms with Gasteiger partial charge in [-0.15, -0.1) is 0 Å². The van der Waals surface area contributed by atoms with Crippen LogP contribution < -0.4 is 14.8 Å². The van der Waals surface area contributed by atoms with E-state index in [4.69, 9.17) is 9.47 Å². The number of nitrogens with one attached hydrogen (secondary N) is 1. The van der Waals surface area contributed by atoms with Crippen LogP contribution in [0.1, 0.15) is 34.4 Å². The summed E-state index contributed by atoms with van der Waals surface area (Å²) in [5.41, 5.74) is 6.45. The van der Waals surface area contributed by atoms with Gasteiger partial charge in [0.1, 0.15) is 30.0 Å². The molecule has 0 radical (unpaired) electrons. The SMILES string of the molecule is COc1ccc([C@H]2Oc3ccc(C)cc3C3=C2[C@H](c2ccccc2)n2ncnc2N3)cc1Br. The lowest BCUT2D eigenvalue weighted by Gasteiger charge is -2.39. The summed E-state index contributed by atoms with van der Waals surface area (Å²) in [4.78, 5) is 4.50. The number of hydrogen-bond donors (Lipinski definition) is 1. The number of ether oxygens (including phenoxy) is 2. The number of methoxy groups -OCH3 is 1. The first kappa shape index (κ1) is 20.1. The number of halogens is 1. The first-order valence-electron chi connectivity index (χ1n) is 10.7. The number of nitrogens with zero attached hydrogens (tertiary/aromatic N) is 3. The van der Waals surface area contributed by atoms with Crippen molar-refractivity contribution in [3.8, 4) is 11.5 Å². The summed E-state index contributed by atoms with van der Waals surface area (Å²) in [6, 6.07) is 22.6. The van der Waals surface area contributed by atoms with Crippen LogP contribution in [0.3, 0.4) is 0 Å². The molecule has 0 spiro atoms. The van der Waals surface area contributed by atoms with Gasteiger partial charge in [-0.25, -0.2) is 4.68 Å². The fourth-order valence-electron chi connectivity index (χ4n) is 4.66. The molecule has 3 aromatic carbocycles. The van der Waals surface area contributed by atoms with E-state index >= 15 is 0 Å². The number of rotatable bonds is 3. The van der Waals surface area contributed by atoms with Crippen LogP contribution in [0.2, 0.25) is 0 Å². The van der Waals surface area contributed by atoms with Crippen LogP contribution in [-0.4, -0.2) is 21.9 Å². The van der Waals surface area contributed by atoms with Gasteiger partial charge in [-0.1, -0.05) is 48.0 Å². The predicted molar refractivity (Wildman–Crippen MR) is 130 cm³/mol. The Kier molecular flexibility index (Phi) is 4.73. The Morgan fingerprint density at radius 2 is 1.88 bits per heavy atom. The van der Waals surface area contributed by atoms with Crippen molar-refractivity contribution in [2.45, 2.75) is 19.1 Å². The Bertz CT molecular complexity index is 1400. The lowest BCUT2D eigenvalue weighted by atomic mass is 9.84. The van der Waals surface area contributed by atoms with Gasteiger partial charge in [0.25, 0.3) is 0 Å². The molecule has 0 fully saturated rings. The Hall–Kier alpha value is -3.58. The predicted octanol–water partition coefficient (Wildman–Crippen LogP) is 5.92. The normalized spacial score (nSPS) is 18.5. The molecule has 6 rings (SSSR count). The number of hydrogen-bond acceptors (Lipinski definition) is 5. The average molecular weight is 501 g/mol. The molecular weight excluding hydrogens is 480 g/mol. The van der Waals surface area contributed by atoms with Crippen molar-refractivity contribution >= 4 is 27.6 Å². The maximum atomic E-state index is 6.69. The molecule has 33 heavy (non-hydrogen) atoms. The van der Waals surface area contributed by atoms with E-state index in [-0.39, 0.29) is 12.1 Å². The first-order chi connectivity index (χ1) is 16.1. The number of fused-ring (bicyclic) bond motifs is 3. The lowest BCUT2D eigenvalue weighted by Crippen LogP contribution is -2.32. The van der Waals surface area contributed by atoms with Crippen LogP contribution in [0.5, 0.6) is 11.5 Å². The summed E-state index contributed by atoms with van der Waals surface area (Å²) < 4.78 is 15.0. The number of aromatic nitrogens is 3. The average Bonchev–Trinajstić information content (AvgIpc) is 3.31. The van der Waals surface area contributed by atoms with Crippen molar-refractivity contribution in [3.05, 3.63) is 105 Å². The monoisotopic (exact) mass is 500 g/mol. The Labute approximate surface area is 200 Å². The summed E-state index contributed by atoms with van der Waals surface area (Å²) in [5.74, 6) is 2.33. The van der Waals surface area contributed by atoms with Gasteiger partial charge in [0.15, 0.2) is 0 Å². The molecule has 4 aromatic rings. The molecule has 3 heterocycles. The van der Waals surface area contributed by atoms with Crippen molar-refractivity contribution in [2.24, 2.45) is 0 Å². The maximum Gasteiger partial charge on any atom is 0.226 e. The van der Waals surface area contributed by atoms with Gasteiger partial charge >= 0.3 is 0 Å². The quantitative estimate of drug-likeness (QED) is 0.378. The van der Waals surface area contributed by atoms with Crippen LogP contribution in [0, 0.1) is 6.92 Å². The molecule has 1 aromatic heterocycles. The van der Waals surface area contributed by atoms with Gasteiger partial charge in [-0.05, 0) is 58.2 Å². The lowest BCUT2D eigenvalue weighted by molar-refractivity contribution is 0.223. The summed E-state index contributed by atoms with van der Waals surface area (Å²) in [5, 5.41) is 8.13. The van der Waals surface area contributed by atoms with Crippen LogP contribution in [0.15, 0.2) is 83.1 Å². The van der Waals surface area contributed by atoms with Gasteiger partial charge in [-0.3, -0.25) is 0 Å². The third kappa shape index (κ3) is 3.23. The first-order valence-corrected chi connectivity index (χ1v) is 11.5. The van der Waals surface area contributed by atoms with Gasteiger partial charge in [0.2, 0.25) is 5.95 Å². The molecule has 0 saturated heterocycles. The maximum absolute atomic E-state index is 6.69. The zero-order valence-corrected chi connectivity index (χ0v) is 19.7. The Morgan fingerprint density at radius 3 is 2.67 bits per heavy atom. The zero-order chi connectivity index (χ0) is 22.5. The van der Waals surface area contributed by atoms with Crippen LogP contribution >= 0.6 is 15.9 Å². The van der Waals surface area contributed by atoms with E-state index in [1.54, 1.807) is 13.4 Å². The highest BCUT2D eigenvalue weighted by Crippen LogP contribution is 2.51. The fourth-order valence-corrected chi connectivity index (χ4v) is 5.22. The standard InChI is InChI=1S/C26H21BrN4O2/c1-15-8-10-20-18(12-15)23-22(25(33-20)17-9-11-21(32-2)19(27)13-17)24(16-6-4-3-5-7-16)31-26(30-23)28-14-29-31/h3-14,24-25H,1-2H3,(H,28,29,30)/t24-,25+/m0/s1. The molecular formula is C26H21BrN4O2. The highest BCUT2D eigenvalue weighted by molar-refractivity contribution is 9.10. The third-order valence-corrected chi connectivity index (χ3v) is 6.78. The number of anilines is 1. The second kappa shape index (κ2) is 7.78. The van der Waals surface area contributed by atoms with Crippen LogP contribution in [-0.2, 0) is 0 Å². The minimum absolute atomic E-state index is 0.167. The summed E-state index contributed by atoms with van der Waals surface area (Å²) in [7, 11) is 1.67.